The third kappa shape index (κ3) is 12.1. The van der Waals surface area contributed by atoms with Gasteiger partial charge in [0.2, 0.25) is 5.91 Å². The molecule has 0 aliphatic carbocycles. The number of carbonyl (C=O) groups is 3. The number of aromatic amines is 1. The van der Waals surface area contributed by atoms with E-state index in [0.717, 1.165) is 42.9 Å². The lowest BCUT2D eigenvalue weighted by Gasteiger charge is -2.39. The number of benzene rings is 2. The topological polar surface area (TPSA) is 132 Å². The lowest BCUT2D eigenvalue weighted by molar-refractivity contribution is -0.139. The summed E-state index contributed by atoms with van der Waals surface area (Å²) < 4.78 is 1.51. The molecule has 2 fully saturated rings. The van der Waals surface area contributed by atoms with Crippen LogP contribution in [0, 0.1) is 12.8 Å². The maximum Gasteiger partial charge on any atom is 0.343 e. The Labute approximate surface area is 313 Å². The van der Waals surface area contributed by atoms with Gasteiger partial charge >= 0.3 is 11.7 Å². The molecular weight excluding hydrogens is 680 g/mol. The minimum atomic E-state index is -0.709. The molecule has 1 aromatic heterocycles. The largest absolute Gasteiger partial charge is 0.480 e. The second kappa shape index (κ2) is 20.4. The summed E-state index contributed by atoms with van der Waals surface area (Å²) in [6, 6.07) is 15.9. The SMILES string of the molecule is CC(=O)C(CC(=O)N1CCC(n2nc(-c3ccccc3)[nH]c2=O)CC1)Cc1ccc(Cl)c(C)c1.CCCCC(CCC)N1CCN(CC(=O)O)CC1. The Kier molecular flexibility index (Phi) is 16.1. The highest BCUT2D eigenvalue weighted by Gasteiger charge is 2.29. The van der Waals surface area contributed by atoms with Crippen molar-refractivity contribution in [2.24, 2.45) is 5.92 Å². The number of piperazine rings is 1. The Morgan fingerprint density at radius 1 is 0.962 bits per heavy atom. The predicted octanol–water partition coefficient (Wildman–Crippen LogP) is 6.25. The van der Waals surface area contributed by atoms with Gasteiger partial charge in [0, 0.05) is 68.2 Å². The number of halogens is 1. The first-order chi connectivity index (χ1) is 25.0. The van der Waals surface area contributed by atoms with Crippen LogP contribution in [0.25, 0.3) is 11.4 Å². The van der Waals surface area contributed by atoms with Crippen molar-refractivity contribution in [2.45, 2.75) is 97.6 Å². The summed E-state index contributed by atoms with van der Waals surface area (Å²) in [7, 11) is 0. The van der Waals surface area contributed by atoms with E-state index in [9.17, 15) is 19.2 Å². The maximum atomic E-state index is 13.0. The van der Waals surface area contributed by atoms with Crippen LogP contribution in [0.2, 0.25) is 5.02 Å². The Morgan fingerprint density at radius 3 is 2.25 bits per heavy atom. The minimum absolute atomic E-state index is 0.00681. The number of carboxylic acid groups (broad SMARTS) is 1. The van der Waals surface area contributed by atoms with Crippen molar-refractivity contribution in [3.63, 3.8) is 0 Å². The molecule has 1 amide bonds. The average Bonchev–Trinajstić information content (AvgIpc) is 3.53. The number of aromatic nitrogens is 3. The Morgan fingerprint density at radius 2 is 1.65 bits per heavy atom. The van der Waals surface area contributed by atoms with Gasteiger partial charge in [0.1, 0.15) is 5.78 Å². The van der Waals surface area contributed by atoms with Crippen molar-refractivity contribution in [2.75, 3.05) is 45.8 Å². The lowest BCUT2D eigenvalue weighted by Crippen LogP contribution is -2.51. The highest BCUT2D eigenvalue weighted by atomic mass is 35.5. The summed E-state index contributed by atoms with van der Waals surface area (Å²) in [6.07, 6.45) is 8.37. The van der Waals surface area contributed by atoms with E-state index in [0.29, 0.717) is 49.2 Å². The van der Waals surface area contributed by atoms with Gasteiger partial charge in [0.25, 0.3) is 0 Å². The van der Waals surface area contributed by atoms with Gasteiger partial charge in [-0.25, -0.2) is 9.48 Å². The highest BCUT2D eigenvalue weighted by Crippen LogP contribution is 2.25. The molecule has 2 unspecified atom stereocenters. The molecule has 3 aromatic rings. The second-order valence-corrected chi connectivity index (χ2v) is 14.7. The van der Waals surface area contributed by atoms with Crippen LogP contribution in [-0.2, 0) is 20.8 Å². The smallest absolute Gasteiger partial charge is 0.343 e. The number of piperidine rings is 1. The number of aryl methyl sites for hydroxylation is 1. The number of carboxylic acids is 1. The molecule has 11 nitrogen and oxygen atoms in total. The molecule has 0 bridgehead atoms. The van der Waals surface area contributed by atoms with E-state index in [-0.39, 0.29) is 42.3 Å². The van der Waals surface area contributed by atoms with E-state index in [1.165, 1.54) is 36.8 Å². The third-order valence-corrected chi connectivity index (χ3v) is 10.8. The summed E-state index contributed by atoms with van der Waals surface area (Å²) in [6.45, 7) is 13.1. The first-order valence-electron chi connectivity index (χ1n) is 18.9. The van der Waals surface area contributed by atoms with Gasteiger partial charge < -0.3 is 10.0 Å². The van der Waals surface area contributed by atoms with Gasteiger partial charge in [-0.15, -0.1) is 5.10 Å². The monoisotopic (exact) mass is 736 g/mol. The molecule has 2 atom stereocenters. The maximum absolute atomic E-state index is 13.0. The fraction of sp³-hybridized carbons (Fsp3) is 0.575. The van der Waals surface area contributed by atoms with Crippen molar-refractivity contribution >= 4 is 29.3 Å². The zero-order valence-electron chi connectivity index (χ0n) is 31.4. The van der Waals surface area contributed by atoms with Crippen molar-refractivity contribution in [3.05, 3.63) is 75.2 Å². The van der Waals surface area contributed by atoms with Crippen LogP contribution in [0.1, 0.15) is 89.3 Å². The van der Waals surface area contributed by atoms with E-state index in [1.807, 2.05) is 60.4 Å². The highest BCUT2D eigenvalue weighted by molar-refractivity contribution is 6.31. The number of rotatable bonds is 15. The number of amides is 1. The van der Waals surface area contributed by atoms with Crippen LogP contribution in [0.3, 0.4) is 0 Å². The fourth-order valence-electron chi connectivity index (χ4n) is 7.25. The number of carbonyl (C=O) groups excluding carboxylic acids is 2. The Hall–Kier alpha value is -3.80. The van der Waals surface area contributed by atoms with E-state index in [2.05, 4.69) is 28.8 Å². The molecule has 5 rings (SSSR count). The third-order valence-electron chi connectivity index (χ3n) is 10.3. The first-order valence-corrected chi connectivity index (χ1v) is 19.3. The number of Topliss-reactive ketones (excluding diaryl/α,β-unsaturated/α-hetero) is 1. The molecule has 2 N–H and O–H groups in total. The molecule has 0 saturated carbocycles. The van der Waals surface area contributed by atoms with Crippen molar-refractivity contribution < 1.29 is 19.5 Å². The van der Waals surface area contributed by atoms with Gasteiger partial charge in [-0.05, 0) is 63.1 Å². The molecule has 2 aliphatic heterocycles. The number of aliphatic carboxylic acids is 1. The number of hydrogen-bond donors (Lipinski definition) is 2. The van der Waals surface area contributed by atoms with Crippen LogP contribution in [0.4, 0.5) is 0 Å². The molecule has 52 heavy (non-hydrogen) atoms. The zero-order valence-corrected chi connectivity index (χ0v) is 32.1. The summed E-state index contributed by atoms with van der Waals surface area (Å²) in [5.41, 5.74) is 2.58. The number of hydrogen-bond acceptors (Lipinski definition) is 7. The van der Waals surface area contributed by atoms with E-state index < -0.39 is 5.97 Å². The quantitative estimate of drug-likeness (QED) is 0.187. The molecule has 2 aromatic carbocycles. The lowest BCUT2D eigenvalue weighted by atomic mass is 9.91. The molecule has 0 radical (unpaired) electrons. The second-order valence-electron chi connectivity index (χ2n) is 14.3. The average molecular weight is 737 g/mol. The normalized spacial score (nSPS) is 16.9. The number of likely N-dealkylation sites (tertiary alicyclic amines) is 1. The summed E-state index contributed by atoms with van der Waals surface area (Å²) in [5, 5.41) is 14.0. The summed E-state index contributed by atoms with van der Waals surface area (Å²) in [5.74, 6) is -0.547. The van der Waals surface area contributed by atoms with Crippen molar-refractivity contribution in [1.29, 1.82) is 0 Å². The predicted molar refractivity (Wildman–Crippen MR) is 206 cm³/mol. The Bertz CT molecular complexity index is 1640. The number of unbranched alkanes of at least 4 members (excludes halogenated alkanes) is 1. The van der Waals surface area contributed by atoms with Gasteiger partial charge in [-0.1, -0.05) is 87.2 Å². The number of nitrogens with zero attached hydrogens (tertiary/aromatic N) is 5. The molecule has 3 heterocycles. The molecule has 12 heteroatoms. The van der Waals surface area contributed by atoms with E-state index in [4.69, 9.17) is 16.7 Å². The standard InChI is InChI=1S/C26H29ClN4O3.C14H28N2O2/c1-17-14-19(8-9-23(17)27)15-21(18(2)32)16-24(33)30-12-10-22(11-13-30)31-26(34)28-25(29-31)20-6-4-3-5-7-20;1-3-5-7-13(6-4-2)16-10-8-15(9-11-16)12-14(17)18/h3-9,14,21-22H,10-13,15-16H2,1-2H3,(H,28,29,34);13H,3-12H2,1-2H3,(H,17,18). The van der Waals surface area contributed by atoms with Crippen LogP contribution < -0.4 is 5.69 Å². The fourth-order valence-corrected chi connectivity index (χ4v) is 7.37. The van der Waals surface area contributed by atoms with Crippen LogP contribution in [0.15, 0.2) is 53.3 Å². The molecular formula is C40H57ClN6O5. The molecule has 2 aliphatic rings. The number of H-pyrrole nitrogens is 1. The molecule has 284 valence electrons. The summed E-state index contributed by atoms with van der Waals surface area (Å²) >= 11 is 6.11. The van der Waals surface area contributed by atoms with Crippen LogP contribution in [-0.4, -0.2) is 104 Å². The minimum Gasteiger partial charge on any atom is -0.480 e. The van der Waals surface area contributed by atoms with Gasteiger partial charge in [0.15, 0.2) is 5.82 Å². The van der Waals surface area contributed by atoms with E-state index >= 15 is 0 Å². The van der Waals surface area contributed by atoms with Crippen molar-refractivity contribution in [1.82, 2.24) is 29.5 Å². The molecule has 2 saturated heterocycles. The summed E-state index contributed by atoms with van der Waals surface area (Å²) in [4.78, 5) is 57.7. The van der Waals surface area contributed by atoms with Gasteiger partial charge in [-0.3, -0.25) is 29.2 Å². The number of nitrogens with one attached hydrogen (secondary N) is 1. The number of ketones is 1. The zero-order chi connectivity index (χ0) is 37.6. The van der Waals surface area contributed by atoms with Crippen LogP contribution in [0.5, 0.6) is 0 Å². The first kappa shape index (κ1) is 41.0. The Balaban J connectivity index is 0.000000284. The van der Waals surface area contributed by atoms with Gasteiger partial charge in [0.05, 0.1) is 12.6 Å². The van der Waals surface area contributed by atoms with Crippen LogP contribution >= 0.6 is 11.6 Å². The molecule has 0 spiro atoms. The van der Waals surface area contributed by atoms with E-state index in [1.54, 1.807) is 11.8 Å². The van der Waals surface area contributed by atoms with Crippen molar-refractivity contribution in [3.8, 4) is 11.4 Å². The van der Waals surface area contributed by atoms with Gasteiger partial charge in [-0.2, -0.15) is 0 Å².